The molecule has 0 saturated heterocycles. The molecule has 0 bridgehead atoms. The highest BCUT2D eigenvalue weighted by Gasteiger charge is 2.13. The molecule has 3 nitrogen and oxygen atoms in total. The summed E-state index contributed by atoms with van der Waals surface area (Å²) in [5.41, 5.74) is 4.06. The Morgan fingerprint density at radius 3 is 2.48 bits per heavy atom. The first-order chi connectivity index (χ1) is 9.88. The minimum absolute atomic E-state index is 0.201. The van der Waals surface area contributed by atoms with Crippen LogP contribution in [0.5, 0.6) is 0 Å². The van der Waals surface area contributed by atoms with Gasteiger partial charge in [0.15, 0.2) is 0 Å². The molecule has 1 aromatic carbocycles. The van der Waals surface area contributed by atoms with Gasteiger partial charge >= 0.3 is 0 Å². The molecule has 0 radical (unpaired) electrons. The zero-order valence-electron chi connectivity index (χ0n) is 13.4. The molecular weight excluding hydrogens is 265 g/mol. The standard InChI is InChI=1S/C17H24FN3/c1-11(2)19-9-14-8-15(18)6-7-16(14)17-10-21(12(3)4)20-13(17)5/h6-8,10-12,19H,9H2,1-5H3. The normalized spacial score (nSPS) is 11.6. The Bertz CT molecular complexity index is 614. The molecule has 0 atom stereocenters. The van der Waals surface area contributed by atoms with Gasteiger partial charge in [-0.05, 0) is 44.0 Å². The Kier molecular flexibility index (Phi) is 4.78. The SMILES string of the molecule is Cc1nn(C(C)C)cc1-c1ccc(F)cc1CNC(C)C. The maximum atomic E-state index is 13.6. The smallest absolute Gasteiger partial charge is 0.123 e. The summed E-state index contributed by atoms with van der Waals surface area (Å²) in [6, 6.07) is 5.65. The Morgan fingerprint density at radius 1 is 1.19 bits per heavy atom. The summed E-state index contributed by atoms with van der Waals surface area (Å²) in [4.78, 5) is 0. The van der Waals surface area contributed by atoms with Crippen LogP contribution in [0.3, 0.4) is 0 Å². The molecule has 0 unspecified atom stereocenters. The van der Waals surface area contributed by atoms with E-state index in [9.17, 15) is 4.39 Å². The molecule has 0 spiro atoms. The highest BCUT2D eigenvalue weighted by atomic mass is 19.1. The predicted molar refractivity (Wildman–Crippen MR) is 84.7 cm³/mol. The molecule has 1 N–H and O–H groups in total. The van der Waals surface area contributed by atoms with Gasteiger partial charge < -0.3 is 5.32 Å². The molecule has 2 rings (SSSR count). The monoisotopic (exact) mass is 289 g/mol. The van der Waals surface area contributed by atoms with Crippen molar-refractivity contribution in [3.05, 3.63) is 41.5 Å². The van der Waals surface area contributed by atoms with Crippen molar-refractivity contribution < 1.29 is 4.39 Å². The lowest BCUT2D eigenvalue weighted by Crippen LogP contribution is -2.22. The predicted octanol–water partition coefficient (Wildman–Crippen LogP) is 4.08. The first-order valence-corrected chi connectivity index (χ1v) is 7.46. The van der Waals surface area contributed by atoms with Gasteiger partial charge in [0.2, 0.25) is 0 Å². The second-order valence-corrected chi connectivity index (χ2v) is 6.04. The fourth-order valence-corrected chi connectivity index (χ4v) is 2.30. The number of hydrogen-bond donors (Lipinski definition) is 1. The van der Waals surface area contributed by atoms with E-state index in [1.54, 1.807) is 6.07 Å². The molecule has 0 aliphatic heterocycles. The van der Waals surface area contributed by atoms with Crippen LogP contribution in [0.15, 0.2) is 24.4 Å². The van der Waals surface area contributed by atoms with Crippen LogP contribution in [0, 0.1) is 12.7 Å². The van der Waals surface area contributed by atoms with Crippen molar-refractivity contribution in [2.24, 2.45) is 0 Å². The van der Waals surface area contributed by atoms with E-state index in [1.807, 2.05) is 23.9 Å². The number of benzene rings is 1. The Labute approximate surface area is 126 Å². The molecule has 1 heterocycles. The van der Waals surface area contributed by atoms with E-state index in [2.05, 4.69) is 38.1 Å². The largest absolute Gasteiger partial charge is 0.310 e. The van der Waals surface area contributed by atoms with Gasteiger partial charge in [0.05, 0.1) is 5.69 Å². The van der Waals surface area contributed by atoms with E-state index in [1.165, 1.54) is 6.07 Å². The second-order valence-electron chi connectivity index (χ2n) is 6.04. The highest BCUT2D eigenvalue weighted by Crippen LogP contribution is 2.28. The van der Waals surface area contributed by atoms with E-state index in [-0.39, 0.29) is 5.82 Å². The maximum Gasteiger partial charge on any atom is 0.123 e. The van der Waals surface area contributed by atoms with Crippen LogP contribution in [0.2, 0.25) is 0 Å². The number of nitrogens with one attached hydrogen (secondary N) is 1. The van der Waals surface area contributed by atoms with E-state index in [0.29, 0.717) is 18.6 Å². The lowest BCUT2D eigenvalue weighted by atomic mass is 10.00. The highest BCUT2D eigenvalue weighted by molar-refractivity contribution is 5.69. The zero-order valence-corrected chi connectivity index (χ0v) is 13.4. The van der Waals surface area contributed by atoms with Gasteiger partial charge in [-0.15, -0.1) is 0 Å². The molecule has 0 amide bonds. The zero-order chi connectivity index (χ0) is 15.6. The lowest BCUT2D eigenvalue weighted by molar-refractivity contribution is 0.529. The van der Waals surface area contributed by atoms with Gasteiger partial charge in [-0.2, -0.15) is 5.10 Å². The minimum Gasteiger partial charge on any atom is -0.310 e. The average molecular weight is 289 g/mol. The average Bonchev–Trinajstić information content (AvgIpc) is 2.79. The molecule has 0 fully saturated rings. The third kappa shape index (κ3) is 3.70. The number of halogens is 1. The molecular formula is C17H24FN3. The number of rotatable bonds is 5. The fraction of sp³-hybridized carbons (Fsp3) is 0.471. The van der Waals surface area contributed by atoms with Crippen molar-refractivity contribution in [1.82, 2.24) is 15.1 Å². The summed E-state index contributed by atoms with van der Waals surface area (Å²) in [5.74, 6) is -0.201. The van der Waals surface area contributed by atoms with Crippen molar-refractivity contribution in [2.45, 2.75) is 53.2 Å². The summed E-state index contributed by atoms with van der Waals surface area (Å²) in [5, 5.41) is 7.90. The van der Waals surface area contributed by atoms with Crippen molar-refractivity contribution in [3.63, 3.8) is 0 Å². The van der Waals surface area contributed by atoms with Gasteiger partial charge in [0, 0.05) is 30.4 Å². The van der Waals surface area contributed by atoms with Crippen molar-refractivity contribution in [3.8, 4) is 11.1 Å². The molecule has 2 aromatic rings. The third-order valence-corrected chi connectivity index (χ3v) is 3.50. The summed E-state index contributed by atoms with van der Waals surface area (Å²) >= 11 is 0. The van der Waals surface area contributed by atoms with Crippen molar-refractivity contribution >= 4 is 0 Å². The maximum absolute atomic E-state index is 13.6. The van der Waals surface area contributed by atoms with Gasteiger partial charge in [0.25, 0.3) is 0 Å². The number of aryl methyl sites for hydroxylation is 1. The molecule has 21 heavy (non-hydrogen) atoms. The van der Waals surface area contributed by atoms with Gasteiger partial charge in [0.1, 0.15) is 5.82 Å². The number of nitrogens with zero attached hydrogens (tertiary/aromatic N) is 2. The molecule has 1 aromatic heterocycles. The second kappa shape index (κ2) is 6.39. The fourth-order valence-electron chi connectivity index (χ4n) is 2.30. The molecule has 0 aliphatic rings. The first-order valence-electron chi connectivity index (χ1n) is 7.46. The van der Waals surface area contributed by atoms with E-state index in [4.69, 9.17) is 0 Å². The van der Waals surface area contributed by atoms with Gasteiger partial charge in [-0.1, -0.05) is 19.9 Å². The third-order valence-electron chi connectivity index (χ3n) is 3.50. The van der Waals surface area contributed by atoms with Gasteiger partial charge in [-0.25, -0.2) is 4.39 Å². The minimum atomic E-state index is -0.201. The van der Waals surface area contributed by atoms with Crippen LogP contribution in [-0.2, 0) is 6.54 Å². The molecule has 0 saturated carbocycles. The summed E-state index contributed by atoms with van der Waals surface area (Å²) in [6.45, 7) is 11.0. The van der Waals surface area contributed by atoms with Crippen LogP contribution >= 0.6 is 0 Å². The Hall–Kier alpha value is -1.68. The number of aromatic nitrogens is 2. The van der Waals surface area contributed by atoms with Crippen molar-refractivity contribution in [1.29, 1.82) is 0 Å². The molecule has 0 aliphatic carbocycles. The topological polar surface area (TPSA) is 29.9 Å². The first kappa shape index (κ1) is 15.7. The van der Waals surface area contributed by atoms with E-state index in [0.717, 1.165) is 22.4 Å². The molecule has 114 valence electrons. The quantitative estimate of drug-likeness (QED) is 0.899. The van der Waals surface area contributed by atoms with E-state index >= 15 is 0 Å². The summed E-state index contributed by atoms with van der Waals surface area (Å²) < 4.78 is 15.5. The Balaban J connectivity index is 2.43. The lowest BCUT2D eigenvalue weighted by Gasteiger charge is -2.12. The Morgan fingerprint density at radius 2 is 1.90 bits per heavy atom. The van der Waals surface area contributed by atoms with Crippen LogP contribution in [-0.4, -0.2) is 15.8 Å². The van der Waals surface area contributed by atoms with Crippen LogP contribution < -0.4 is 5.32 Å². The number of hydrogen-bond acceptors (Lipinski definition) is 2. The van der Waals surface area contributed by atoms with Crippen molar-refractivity contribution in [2.75, 3.05) is 0 Å². The summed E-state index contributed by atoms with van der Waals surface area (Å²) in [6.07, 6.45) is 2.05. The van der Waals surface area contributed by atoms with Crippen LogP contribution in [0.4, 0.5) is 4.39 Å². The van der Waals surface area contributed by atoms with Crippen LogP contribution in [0.25, 0.3) is 11.1 Å². The van der Waals surface area contributed by atoms with Gasteiger partial charge in [-0.3, -0.25) is 4.68 Å². The molecule has 4 heteroatoms. The van der Waals surface area contributed by atoms with E-state index < -0.39 is 0 Å². The summed E-state index contributed by atoms with van der Waals surface area (Å²) in [7, 11) is 0. The van der Waals surface area contributed by atoms with Crippen LogP contribution in [0.1, 0.15) is 45.0 Å².